The van der Waals surface area contributed by atoms with Gasteiger partial charge in [0.25, 0.3) is 5.91 Å². The van der Waals surface area contributed by atoms with Gasteiger partial charge in [-0.15, -0.1) is 0 Å². The van der Waals surface area contributed by atoms with Crippen molar-refractivity contribution in [1.29, 1.82) is 0 Å². The number of morpholine rings is 1. The van der Waals surface area contributed by atoms with E-state index in [1.165, 1.54) is 11.2 Å². The van der Waals surface area contributed by atoms with Gasteiger partial charge in [0, 0.05) is 12.1 Å². The van der Waals surface area contributed by atoms with Gasteiger partial charge in [0.15, 0.2) is 11.9 Å². The monoisotopic (exact) mass is 330 g/mol. The van der Waals surface area contributed by atoms with Crippen LogP contribution in [-0.4, -0.2) is 42.5 Å². The number of hydrogen-bond acceptors (Lipinski definition) is 5. The molecule has 1 atom stereocenters. The predicted octanol–water partition coefficient (Wildman–Crippen LogP) is 1.18. The highest BCUT2D eigenvalue weighted by molar-refractivity contribution is 5.93. The normalized spacial score (nSPS) is 17.5. The number of rotatable bonds is 5. The Kier molecular flexibility index (Phi) is 4.81. The second-order valence-electron chi connectivity index (χ2n) is 5.39. The number of ether oxygens (including phenoxy) is 2. The fourth-order valence-electron chi connectivity index (χ4n) is 2.46. The van der Waals surface area contributed by atoms with Crippen LogP contribution in [0.25, 0.3) is 0 Å². The van der Waals surface area contributed by atoms with Crippen molar-refractivity contribution in [3.8, 4) is 5.75 Å². The van der Waals surface area contributed by atoms with Crippen LogP contribution in [0.1, 0.15) is 16.1 Å². The van der Waals surface area contributed by atoms with Crippen LogP contribution in [0.3, 0.4) is 0 Å². The van der Waals surface area contributed by atoms with Crippen LogP contribution in [0.2, 0.25) is 0 Å². The van der Waals surface area contributed by atoms with Gasteiger partial charge in [-0.25, -0.2) is 0 Å². The molecule has 24 heavy (non-hydrogen) atoms. The van der Waals surface area contributed by atoms with Crippen LogP contribution >= 0.6 is 0 Å². The minimum atomic E-state index is -0.790. The lowest BCUT2D eigenvalue weighted by molar-refractivity contribution is -0.133. The first-order valence-corrected chi connectivity index (χ1v) is 7.59. The number of nitrogens with two attached hydrogens (primary N) is 1. The van der Waals surface area contributed by atoms with Crippen molar-refractivity contribution in [2.75, 3.05) is 19.7 Å². The fourth-order valence-corrected chi connectivity index (χ4v) is 2.46. The number of hydrogen-bond donors (Lipinski definition) is 1. The second-order valence-corrected chi connectivity index (χ2v) is 5.39. The Bertz CT molecular complexity index is 713. The molecule has 2 aromatic rings. The summed E-state index contributed by atoms with van der Waals surface area (Å²) in [6, 6.07) is 11.0. The summed E-state index contributed by atoms with van der Waals surface area (Å²) in [6.45, 7) is 0.969. The molecule has 7 nitrogen and oxygen atoms in total. The van der Waals surface area contributed by atoms with Crippen molar-refractivity contribution in [3.63, 3.8) is 0 Å². The standard InChI is InChI=1S/C17H18N2O5/c18-16(20)14-10-19(7-9-22-14)17(21)15-12(6-8-23-15)11-24-13-4-2-1-3-5-13/h1-6,8,14H,7,9-11H2,(H2,18,20)/t14-/m1/s1. The Morgan fingerprint density at radius 2 is 2.04 bits per heavy atom. The molecule has 1 saturated heterocycles. The van der Waals surface area contributed by atoms with Gasteiger partial charge in [-0.3, -0.25) is 9.59 Å². The van der Waals surface area contributed by atoms with E-state index >= 15 is 0 Å². The lowest BCUT2D eigenvalue weighted by Crippen LogP contribution is -2.50. The zero-order valence-electron chi connectivity index (χ0n) is 13.0. The summed E-state index contributed by atoms with van der Waals surface area (Å²) in [6.07, 6.45) is 0.657. The number of primary amides is 1. The van der Waals surface area contributed by atoms with Crippen LogP contribution in [-0.2, 0) is 16.1 Å². The zero-order valence-corrected chi connectivity index (χ0v) is 13.0. The first kappa shape index (κ1) is 16.1. The topological polar surface area (TPSA) is 95.0 Å². The maximum absolute atomic E-state index is 12.6. The molecule has 0 saturated carbocycles. The van der Waals surface area contributed by atoms with Gasteiger partial charge in [-0.1, -0.05) is 18.2 Å². The number of carbonyl (C=O) groups is 2. The number of carbonyl (C=O) groups excluding carboxylic acids is 2. The third-order valence-corrected chi connectivity index (χ3v) is 3.75. The molecule has 1 fully saturated rings. The van der Waals surface area contributed by atoms with E-state index in [2.05, 4.69) is 0 Å². The highest BCUT2D eigenvalue weighted by Gasteiger charge is 2.30. The SMILES string of the molecule is NC(=O)[C@H]1CN(C(=O)c2occc2COc2ccccc2)CCO1. The van der Waals surface area contributed by atoms with Crippen LogP contribution < -0.4 is 10.5 Å². The first-order valence-electron chi connectivity index (χ1n) is 7.59. The van der Waals surface area contributed by atoms with Crippen molar-refractivity contribution >= 4 is 11.8 Å². The van der Waals surface area contributed by atoms with Crippen LogP contribution in [0, 0.1) is 0 Å². The third kappa shape index (κ3) is 3.57. The van der Waals surface area contributed by atoms with Gasteiger partial charge in [0.1, 0.15) is 12.4 Å². The quantitative estimate of drug-likeness (QED) is 0.888. The number of nitrogens with zero attached hydrogens (tertiary/aromatic N) is 1. The van der Waals surface area contributed by atoms with E-state index in [9.17, 15) is 9.59 Å². The van der Waals surface area contributed by atoms with Gasteiger partial charge in [-0.2, -0.15) is 0 Å². The van der Waals surface area contributed by atoms with E-state index in [4.69, 9.17) is 19.6 Å². The number of para-hydroxylation sites is 1. The smallest absolute Gasteiger partial charge is 0.290 e. The molecule has 0 radical (unpaired) electrons. The molecule has 0 unspecified atom stereocenters. The van der Waals surface area contributed by atoms with E-state index in [0.29, 0.717) is 17.9 Å². The maximum atomic E-state index is 12.6. The molecular weight excluding hydrogens is 312 g/mol. The van der Waals surface area contributed by atoms with E-state index in [1.807, 2.05) is 30.3 Å². The summed E-state index contributed by atoms with van der Waals surface area (Å²) < 4.78 is 16.2. The van der Waals surface area contributed by atoms with Gasteiger partial charge in [-0.05, 0) is 18.2 Å². The molecule has 7 heteroatoms. The zero-order chi connectivity index (χ0) is 16.9. The minimum Gasteiger partial charge on any atom is -0.489 e. The minimum absolute atomic E-state index is 0.119. The molecule has 1 aromatic carbocycles. The van der Waals surface area contributed by atoms with Crippen LogP contribution in [0.4, 0.5) is 0 Å². The Balaban J connectivity index is 1.67. The van der Waals surface area contributed by atoms with Crippen molar-refractivity contribution in [2.24, 2.45) is 5.73 Å². The maximum Gasteiger partial charge on any atom is 0.290 e. The molecule has 0 spiro atoms. The van der Waals surface area contributed by atoms with Crippen LogP contribution in [0.15, 0.2) is 47.1 Å². The third-order valence-electron chi connectivity index (χ3n) is 3.75. The molecule has 2 N–H and O–H groups in total. The summed E-state index contributed by atoms with van der Waals surface area (Å²) in [5, 5.41) is 0. The van der Waals surface area contributed by atoms with Gasteiger partial charge in [0.05, 0.1) is 19.4 Å². The molecule has 1 aromatic heterocycles. The largest absolute Gasteiger partial charge is 0.489 e. The van der Waals surface area contributed by atoms with Crippen molar-refractivity contribution in [3.05, 3.63) is 54.0 Å². The van der Waals surface area contributed by atoms with Crippen LogP contribution in [0.5, 0.6) is 5.75 Å². The highest BCUT2D eigenvalue weighted by Crippen LogP contribution is 2.18. The number of amides is 2. The lowest BCUT2D eigenvalue weighted by atomic mass is 10.2. The van der Waals surface area contributed by atoms with E-state index in [0.717, 1.165) is 0 Å². The summed E-state index contributed by atoms with van der Waals surface area (Å²) in [7, 11) is 0. The molecule has 2 amide bonds. The second kappa shape index (κ2) is 7.18. The first-order chi connectivity index (χ1) is 11.6. The average molecular weight is 330 g/mol. The van der Waals surface area contributed by atoms with Gasteiger partial charge in [0.2, 0.25) is 5.91 Å². The summed E-state index contributed by atoms with van der Waals surface area (Å²) in [5.41, 5.74) is 5.89. The Morgan fingerprint density at radius 1 is 1.25 bits per heavy atom. The Hall–Kier alpha value is -2.80. The molecular formula is C17H18N2O5. The molecule has 1 aliphatic rings. The lowest BCUT2D eigenvalue weighted by Gasteiger charge is -2.30. The van der Waals surface area contributed by atoms with Gasteiger partial charge < -0.3 is 24.5 Å². The molecule has 1 aliphatic heterocycles. The van der Waals surface area contributed by atoms with E-state index in [-0.39, 0.29) is 31.4 Å². The average Bonchev–Trinajstić information content (AvgIpc) is 3.09. The van der Waals surface area contributed by atoms with Crippen molar-refractivity contribution in [1.82, 2.24) is 4.90 Å². The molecule has 0 bridgehead atoms. The molecule has 126 valence electrons. The summed E-state index contributed by atoms with van der Waals surface area (Å²) in [4.78, 5) is 25.4. The van der Waals surface area contributed by atoms with E-state index in [1.54, 1.807) is 6.07 Å². The van der Waals surface area contributed by atoms with Gasteiger partial charge >= 0.3 is 0 Å². The summed E-state index contributed by atoms with van der Waals surface area (Å²) in [5.74, 6) is 0.0223. The predicted molar refractivity (Wildman–Crippen MR) is 84.3 cm³/mol. The van der Waals surface area contributed by atoms with Crippen molar-refractivity contribution < 1.29 is 23.5 Å². The fraction of sp³-hybridized carbons (Fsp3) is 0.294. The number of furan rings is 1. The summed E-state index contributed by atoms with van der Waals surface area (Å²) >= 11 is 0. The Morgan fingerprint density at radius 3 is 2.79 bits per heavy atom. The molecule has 0 aliphatic carbocycles. The van der Waals surface area contributed by atoms with E-state index < -0.39 is 12.0 Å². The highest BCUT2D eigenvalue weighted by atomic mass is 16.5. The molecule has 2 heterocycles. The Labute approximate surface area is 138 Å². The van der Waals surface area contributed by atoms with Crippen molar-refractivity contribution in [2.45, 2.75) is 12.7 Å². The molecule has 3 rings (SSSR count). The number of benzene rings is 1.